The molecule has 0 radical (unpaired) electrons. The highest BCUT2D eigenvalue weighted by atomic mass is 19.1. The molecule has 1 saturated heterocycles. The summed E-state index contributed by atoms with van der Waals surface area (Å²) in [4.78, 5) is 20.8. The minimum absolute atomic E-state index is 0.115. The highest BCUT2D eigenvalue weighted by molar-refractivity contribution is 5.81. The summed E-state index contributed by atoms with van der Waals surface area (Å²) < 4.78 is 18.9. The van der Waals surface area contributed by atoms with Gasteiger partial charge in [-0.25, -0.2) is 4.39 Å². The van der Waals surface area contributed by atoms with Gasteiger partial charge in [-0.1, -0.05) is 12.1 Å². The lowest BCUT2D eigenvalue weighted by Crippen LogP contribution is -2.52. The molecule has 0 bridgehead atoms. The molecule has 1 unspecified atom stereocenters. The Morgan fingerprint density at radius 2 is 1.83 bits per heavy atom. The van der Waals surface area contributed by atoms with Crippen molar-refractivity contribution in [1.29, 1.82) is 0 Å². The first-order valence-electron chi connectivity index (χ1n) is 9.81. The SMILES string of the molecule is CC(Oc1cccc(F)c1)C(=O)N1CCN(c2ccc(-c3ccccn3)nn2)CC1. The molecule has 1 aliphatic rings. The summed E-state index contributed by atoms with van der Waals surface area (Å²) in [6.45, 7) is 4.09. The molecule has 1 amide bonds. The molecule has 1 atom stereocenters. The number of benzene rings is 1. The third-order valence-electron chi connectivity index (χ3n) is 4.95. The van der Waals surface area contributed by atoms with Crippen LogP contribution in [0.15, 0.2) is 60.8 Å². The Hall–Kier alpha value is -3.55. The molecule has 0 saturated carbocycles. The second-order valence-corrected chi connectivity index (χ2v) is 7.02. The van der Waals surface area contributed by atoms with E-state index in [0.29, 0.717) is 31.9 Å². The maximum absolute atomic E-state index is 13.3. The average Bonchev–Trinajstić information content (AvgIpc) is 2.79. The van der Waals surface area contributed by atoms with Crippen molar-refractivity contribution in [1.82, 2.24) is 20.1 Å². The Labute approximate surface area is 174 Å². The molecule has 0 aliphatic carbocycles. The van der Waals surface area contributed by atoms with Crippen LogP contribution >= 0.6 is 0 Å². The van der Waals surface area contributed by atoms with Crippen LogP contribution < -0.4 is 9.64 Å². The number of nitrogens with zero attached hydrogens (tertiary/aromatic N) is 5. The van der Waals surface area contributed by atoms with Gasteiger partial charge in [0.05, 0.1) is 5.69 Å². The van der Waals surface area contributed by atoms with Gasteiger partial charge in [0, 0.05) is 38.4 Å². The molecule has 30 heavy (non-hydrogen) atoms. The maximum Gasteiger partial charge on any atom is 0.263 e. The van der Waals surface area contributed by atoms with E-state index in [0.717, 1.165) is 17.2 Å². The number of rotatable bonds is 5. The van der Waals surface area contributed by atoms with Crippen LogP contribution in [0.5, 0.6) is 5.75 Å². The van der Waals surface area contributed by atoms with Gasteiger partial charge < -0.3 is 14.5 Å². The Morgan fingerprint density at radius 3 is 2.50 bits per heavy atom. The summed E-state index contributed by atoms with van der Waals surface area (Å²) in [6.07, 6.45) is 1.04. The van der Waals surface area contributed by atoms with Crippen molar-refractivity contribution >= 4 is 11.7 Å². The van der Waals surface area contributed by atoms with Crippen molar-refractivity contribution in [3.63, 3.8) is 0 Å². The highest BCUT2D eigenvalue weighted by Crippen LogP contribution is 2.19. The minimum atomic E-state index is -0.684. The highest BCUT2D eigenvalue weighted by Gasteiger charge is 2.26. The average molecular weight is 407 g/mol. The minimum Gasteiger partial charge on any atom is -0.481 e. The summed E-state index contributed by atoms with van der Waals surface area (Å²) in [6, 6.07) is 15.3. The van der Waals surface area contributed by atoms with Crippen molar-refractivity contribution in [2.75, 3.05) is 31.1 Å². The van der Waals surface area contributed by atoms with Gasteiger partial charge in [0.2, 0.25) is 0 Å². The molecule has 1 aromatic carbocycles. The molecule has 7 nitrogen and oxygen atoms in total. The van der Waals surface area contributed by atoms with Crippen LogP contribution in [0.4, 0.5) is 10.2 Å². The fourth-order valence-corrected chi connectivity index (χ4v) is 3.35. The maximum atomic E-state index is 13.3. The van der Waals surface area contributed by atoms with Gasteiger partial charge in [0.1, 0.15) is 17.3 Å². The van der Waals surface area contributed by atoms with E-state index in [-0.39, 0.29) is 5.91 Å². The summed E-state index contributed by atoms with van der Waals surface area (Å²) in [5.41, 5.74) is 1.50. The first-order valence-corrected chi connectivity index (χ1v) is 9.81. The smallest absolute Gasteiger partial charge is 0.263 e. The number of halogens is 1. The fraction of sp³-hybridized carbons (Fsp3) is 0.273. The van der Waals surface area contributed by atoms with Gasteiger partial charge >= 0.3 is 0 Å². The van der Waals surface area contributed by atoms with Crippen molar-refractivity contribution in [3.8, 4) is 17.1 Å². The number of carbonyl (C=O) groups excluding carboxylic acids is 1. The lowest BCUT2D eigenvalue weighted by atomic mass is 10.2. The fourth-order valence-electron chi connectivity index (χ4n) is 3.35. The van der Waals surface area contributed by atoms with Gasteiger partial charge in [0.25, 0.3) is 5.91 Å². The molecule has 154 valence electrons. The number of hydrogen-bond donors (Lipinski definition) is 0. The lowest BCUT2D eigenvalue weighted by molar-refractivity contribution is -0.138. The summed E-state index contributed by atoms with van der Waals surface area (Å²) in [5.74, 6) is 0.607. The van der Waals surface area contributed by atoms with Gasteiger partial charge in [-0.3, -0.25) is 9.78 Å². The van der Waals surface area contributed by atoms with Crippen molar-refractivity contribution in [2.24, 2.45) is 0 Å². The zero-order valence-corrected chi connectivity index (χ0v) is 16.6. The third kappa shape index (κ3) is 4.53. The van der Waals surface area contributed by atoms with Crippen molar-refractivity contribution < 1.29 is 13.9 Å². The predicted molar refractivity (Wildman–Crippen MR) is 111 cm³/mol. The Bertz CT molecular complexity index is 992. The first-order chi connectivity index (χ1) is 14.6. The lowest BCUT2D eigenvalue weighted by Gasteiger charge is -2.36. The van der Waals surface area contributed by atoms with Crippen molar-refractivity contribution in [2.45, 2.75) is 13.0 Å². The number of pyridine rings is 1. The zero-order chi connectivity index (χ0) is 20.9. The Balaban J connectivity index is 1.32. The second-order valence-electron chi connectivity index (χ2n) is 7.02. The number of anilines is 1. The van der Waals surface area contributed by atoms with Crippen LogP contribution in [-0.4, -0.2) is 58.3 Å². The Kier molecular flexibility index (Phi) is 5.83. The molecular weight excluding hydrogens is 385 g/mol. The quantitative estimate of drug-likeness (QED) is 0.648. The van der Waals surface area contributed by atoms with Gasteiger partial charge in [-0.15, -0.1) is 10.2 Å². The molecule has 1 fully saturated rings. The standard InChI is InChI=1S/C22H22FN5O2/c1-16(30-18-6-4-5-17(23)15-18)22(29)28-13-11-27(12-14-28)21-9-8-20(25-26-21)19-7-2-3-10-24-19/h2-10,15-16H,11-14H2,1H3. The van der Waals surface area contributed by atoms with E-state index in [2.05, 4.69) is 20.1 Å². The monoisotopic (exact) mass is 407 g/mol. The molecule has 3 heterocycles. The largest absolute Gasteiger partial charge is 0.481 e. The van der Waals surface area contributed by atoms with Gasteiger partial charge in [0.15, 0.2) is 11.9 Å². The Morgan fingerprint density at radius 1 is 1.00 bits per heavy atom. The van der Waals surface area contributed by atoms with E-state index >= 15 is 0 Å². The van der Waals surface area contributed by atoms with Crippen LogP contribution in [0.25, 0.3) is 11.4 Å². The number of carbonyl (C=O) groups is 1. The molecule has 2 aromatic heterocycles. The molecular formula is C22H22FN5O2. The number of amides is 1. The molecule has 0 N–H and O–H groups in total. The van der Waals surface area contributed by atoms with E-state index < -0.39 is 11.9 Å². The normalized spacial score (nSPS) is 15.0. The van der Waals surface area contributed by atoms with Crippen LogP contribution in [-0.2, 0) is 4.79 Å². The van der Waals surface area contributed by atoms with Gasteiger partial charge in [-0.05, 0) is 43.3 Å². The number of aromatic nitrogens is 3. The number of piperazine rings is 1. The molecule has 3 aromatic rings. The summed E-state index contributed by atoms with van der Waals surface area (Å²) in [7, 11) is 0. The van der Waals surface area contributed by atoms with E-state index in [9.17, 15) is 9.18 Å². The molecule has 1 aliphatic heterocycles. The molecule has 4 rings (SSSR count). The third-order valence-corrected chi connectivity index (χ3v) is 4.95. The van der Waals surface area contributed by atoms with E-state index in [1.807, 2.05) is 30.3 Å². The van der Waals surface area contributed by atoms with Crippen molar-refractivity contribution in [3.05, 3.63) is 66.6 Å². The summed E-state index contributed by atoms with van der Waals surface area (Å²) >= 11 is 0. The van der Waals surface area contributed by atoms with Crippen LogP contribution in [0.3, 0.4) is 0 Å². The number of ether oxygens (including phenoxy) is 1. The topological polar surface area (TPSA) is 71.5 Å². The van der Waals surface area contributed by atoms with Crippen LogP contribution in [0, 0.1) is 5.82 Å². The second kappa shape index (κ2) is 8.86. The summed E-state index contributed by atoms with van der Waals surface area (Å²) in [5, 5.41) is 8.60. The zero-order valence-electron chi connectivity index (χ0n) is 16.6. The van der Waals surface area contributed by atoms with Crippen LogP contribution in [0.2, 0.25) is 0 Å². The molecule has 0 spiro atoms. The van der Waals surface area contributed by atoms with E-state index in [4.69, 9.17) is 4.74 Å². The van der Waals surface area contributed by atoms with Crippen LogP contribution in [0.1, 0.15) is 6.92 Å². The van der Waals surface area contributed by atoms with E-state index in [1.54, 1.807) is 30.2 Å². The molecule has 8 heteroatoms. The predicted octanol–water partition coefficient (Wildman–Crippen LogP) is 2.79. The first kappa shape index (κ1) is 19.8. The number of hydrogen-bond acceptors (Lipinski definition) is 6. The van der Waals surface area contributed by atoms with E-state index in [1.165, 1.54) is 12.1 Å². The van der Waals surface area contributed by atoms with Gasteiger partial charge in [-0.2, -0.15) is 0 Å².